The molecule has 0 radical (unpaired) electrons. The quantitative estimate of drug-likeness (QED) is 0.744. The van der Waals surface area contributed by atoms with E-state index in [1.54, 1.807) is 4.90 Å². The first-order chi connectivity index (χ1) is 14.0. The van der Waals surface area contributed by atoms with Crippen LogP contribution in [0.4, 0.5) is 0 Å². The first kappa shape index (κ1) is 18.8. The molecule has 4 aliphatic rings. The average molecular weight is 396 g/mol. The van der Waals surface area contributed by atoms with Crippen molar-refractivity contribution in [2.75, 3.05) is 13.1 Å². The number of nitrogens with zero attached hydrogens (tertiary/aromatic N) is 2. The molecule has 7 heteroatoms. The Morgan fingerprint density at radius 1 is 1.10 bits per heavy atom. The van der Waals surface area contributed by atoms with Gasteiger partial charge < -0.3 is 10.6 Å². The standard InChI is InChI=1S/C22H28N4O3/c23-18-6-2-4-14-10-25(11-17(14)18)9-13-3-1-5-15-16(13)12-26(22(15)29)19-7-8-20(27)24-21(19)28/h1,3,5,14,17-19H,2,4,6-12,23H2,(H,24,27,28). The number of hydrogen-bond acceptors (Lipinski definition) is 5. The molecular weight excluding hydrogens is 368 g/mol. The van der Waals surface area contributed by atoms with E-state index in [1.807, 2.05) is 12.1 Å². The van der Waals surface area contributed by atoms with Crippen molar-refractivity contribution in [3.05, 3.63) is 34.9 Å². The zero-order chi connectivity index (χ0) is 20.1. The van der Waals surface area contributed by atoms with Crippen molar-refractivity contribution >= 4 is 17.7 Å². The SMILES string of the molecule is NC1CCCC2CN(Cc3cccc4c3CN(C3CCC(=O)NC3=O)C4=O)CC12. The van der Waals surface area contributed by atoms with Gasteiger partial charge in [-0.3, -0.25) is 24.6 Å². The Morgan fingerprint density at radius 3 is 2.76 bits per heavy atom. The van der Waals surface area contributed by atoms with E-state index >= 15 is 0 Å². The molecule has 29 heavy (non-hydrogen) atoms. The third kappa shape index (κ3) is 3.26. The number of likely N-dealkylation sites (tertiary alicyclic amines) is 1. The Bertz CT molecular complexity index is 870. The molecule has 1 saturated carbocycles. The van der Waals surface area contributed by atoms with Crippen LogP contribution < -0.4 is 11.1 Å². The van der Waals surface area contributed by atoms with Gasteiger partial charge >= 0.3 is 0 Å². The van der Waals surface area contributed by atoms with Crippen LogP contribution in [0.2, 0.25) is 0 Å². The van der Waals surface area contributed by atoms with E-state index in [9.17, 15) is 14.4 Å². The van der Waals surface area contributed by atoms with E-state index in [2.05, 4.69) is 16.3 Å². The number of fused-ring (bicyclic) bond motifs is 2. The minimum Gasteiger partial charge on any atom is -0.327 e. The summed E-state index contributed by atoms with van der Waals surface area (Å²) in [7, 11) is 0. The first-order valence-electron chi connectivity index (χ1n) is 10.7. The number of rotatable bonds is 3. The van der Waals surface area contributed by atoms with E-state index in [-0.39, 0.29) is 24.1 Å². The fraction of sp³-hybridized carbons (Fsp3) is 0.591. The number of hydrogen-bond donors (Lipinski definition) is 2. The largest absolute Gasteiger partial charge is 0.327 e. The van der Waals surface area contributed by atoms with E-state index in [0.717, 1.165) is 37.2 Å². The highest BCUT2D eigenvalue weighted by Crippen LogP contribution is 2.37. The van der Waals surface area contributed by atoms with Gasteiger partial charge in [0.15, 0.2) is 0 Å². The lowest BCUT2D eigenvalue weighted by molar-refractivity contribution is -0.136. The lowest BCUT2D eigenvalue weighted by atomic mass is 9.78. The Labute approximate surface area is 170 Å². The summed E-state index contributed by atoms with van der Waals surface area (Å²) in [5, 5.41) is 2.37. The molecule has 3 heterocycles. The van der Waals surface area contributed by atoms with Gasteiger partial charge in [0.2, 0.25) is 11.8 Å². The second-order valence-electron chi connectivity index (χ2n) is 9.06. The molecule has 3 aliphatic heterocycles. The van der Waals surface area contributed by atoms with Gasteiger partial charge in [0.05, 0.1) is 0 Å². The molecule has 1 aromatic rings. The third-order valence-corrected chi connectivity index (χ3v) is 7.30. The smallest absolute Gasteiger partial charge is 0.255 e. The van der Waals surface area contributed by atoms with Crippen molar-refractivity contribution in [1.82, 2.24) is 15.1 Å². The maximum absolute atomic E-state index is 13.0. The Morgan fingerprint density at radius 2 is 1.97 bits per heavy atom. The zero-order valence-electron chi connectivity index (χ0n) is 16.6. The molecular formula is C22H28N4O3. The number of nitrogens with one attached hydrogen (secondary N) is 1. The summed E-state index contributed by atoms with van der Waals surface area (Å²) in [4.78, 5) is 40.8. The summed E-state index contributed by atoms with van der Waals surface area (Å²) in [6.07, 6.45) is 4.30. The van der Waals surface area contributed by atoms with E-state index < -0.39 is 6.04 Å². The number of carbonyl (C=O) groups is 3. The normalized spacial score (nSPS) is 32.3. The topological polar surface area (TPSA) is 95.7 Å². The van der Waals surface area contributed by atoms with Crippen molar-refractivity contribution in [2.45, 2.75) is 57.3 Å². The Kier molecular flexibility index (Phi) is 4.67. The molecule has 4 unspecified atom stereocenters. The van der Waals surface area contributed by atoms with Gasteiger partial charge in [-0.05, 0) is 48.3 Å². The number of benzene rings is 1. The fourth-order valence-corrected chi connectivity index (χ4v) is 5.78. The highest BCUT2D eigenvalue weighted by molar-refractivity contribution is 6.05. The Hall–Kier alpha value is -2.25. The van der Waals surface area contributed by atoms with Crippen LogP contribution in [0.3, 0.4) is 0 Å². The molecule has 3 amide bonds. The predicted molar refractivity (Wildman–Crippen MR) is 107 cm³/mol. The fourth-order valence-electron chi connectivity index (χ4n) is 5.78. The molecule has 154 valence electrons. The molecule has 0 spiro atoms. The molecule has 0 bridgehead atoms. The maximum Gasteiger partial charge on any atom is 0.255 e. The molecule has 0 aromatic heterocycles. The van der Waals surface area contributed by atoms with Gasteiger partial charge in [-0.1, -0.05) is 18.6 Å². The maximum atomic E-state index is 13.0. The lowest BCUT2D eigenvalue weighted by Crippen LogP contribution is -2.52. The number of amides is 3. The van der Waals surface area contributed by atoms with Crippen LogP contribution in [0.1, 0.15) is 53.6 Å². The molecule has 3 fully saturated rings. The summed E-state index contributed by atoms with van der Waals surface area (Å²) < 4.78 is 0. The van der Waals surface area contributed by atoms with Crippen LogP contribution in [0.5, 0.6) is 0 Å². The van der Waals surface area contributed by atoms with Gasteiger partial charge in [0.25, 0.3) is 5.91 Å². The summed E-state index contributed by atoms with van der Waals surface area (Å²) in [5.41, 5.74) is 9.26. The van der Waals surface area contributed by atoms with Gasteiger partial charge in [0.1, 0.15) is 6.04 Å². The van der Waals surface area contributed by atoms with Crippen LogP contribution >= 0.6 is 0 Å². The lowest BCUT2D eigenvalue weighted by Gasteiger charge is -2.30. The van der Waals surface area contributed by atoms with Crippen molar-refractivity contribution in [2.24, 2.45) is 17.6 Å². The van der Waals surface area contributed by atoms with Crippen LogP contribution in [0, 0.1) is 11.8 Å². The molecule has 1 aromatic carbocycles. The molecule has 5 rings (SSSR count). The molecule has 1 aliphatic carbocycles. The Balaban J connectivity index is 1.33. The average Bonchev–Trinajstić information content (AvgIpc) is 3.25. The second kappa shape index (κ2) is 7.22. The van der Waals surface area contributed by atoms with Crippen LogP contribution in [0.25, 0.3) is 0 Å². The minimum absolute atomic E-state index is 0.103. The number of piperidine rings is 1. The van der Waals surface area contributed by atoms with Gasteiger partial charge in [-0.15, -0.1) is 0 Å². The van der Waals surface area contributed by atoms with Crippen molar-refractivity contribution in [1.29, 1.82) is 0 Å². The van der Waals surface area contributed by atoms with Crippen LogP contribution in [-0.2, 0) is 22.7 Å². The molecule has 3 N–H and O–H groups in total. The van der Waals surface area contributed by atoms with Crippen molar-refractivity contribution < 1.29 is 14.4 Å². The molecule has 2 saturated heterocycles. The highest BCUT2D eigenvalue weighted by atomic mass is 16.2. The summed E-state index contributed by atoms with van der Waals surface area (Å²) in [6.45, 7) is 3.36. The monoisotopic (exact) mass is 396 g/mol. The minimum atomic E-state index is -0.562. The predicted octanol–water partition coefficient (Wildman–Crippen LogP) is 1.01. The van der Waals surface area contributed by atoms with Gasteiger partial charge in [0, 0.05) is 44.2 Å². The van der Waals surface area contributed by atoms with Crippen LogP contribution in [0.15, 0.2) is 18.2 Å². The van der Waals surface area contributed by atoms with Gasteiger partial charge in [-0.25, -0.2) is 0 Å². The van der Waals surface area contributed by atoms with Crippen molar-refractivity contribution in [3.63, 3.8) is 0 Å². The zero-order valence-corrected chi connectivity index (χ0v) is 16.6. The number of imide groups is 1. The highest BCUT2D eigenvalue weighted by Gasteiger charge is 2.41. The summed E-state index contributed by atoms with van der Waals surface area (Å²) >= 11 is 0. The van der Waals surface area contributed by atoms with E-state index in [1.165, 1.54) is 12.8 Å². The summed E-state index contributed by atoms with van der Waals surface area (Å²) in [6, 6.07) is 5.64. The van der Waals surface area contributed by atoms with E-state index in [0.29, 0.717) is 36.4 Å². The third-order valence-electron chi connectivity index (χ3n) is 7.30. The molecule has 4 atom stereocenters. The number of nitrogens with two attached hydrogens (primary N) is 1. The van der Waals surface area contributed by atoms with Gasteiger partial charge in [-0.2, -0.15) is 0 Å². The number of carbonyl (C=O) groups excluding carboxylic acids is 3. The molecule has 7 nitrogen and oxygen atoms in total. The van der Waals surface area contributed by atoms with Crippen molar-refractivity contribution in [3.8, 4) is 0 Å². The summed E-state index contributed by atoms with van der Waals surface area (Å²) in [5.74, 6) is 0.555. The second-order valence-corrected chi connectivity index (χ2v) is 9.06. The van der Waals surface area contributed by atoms with E-state index in [4.69, 9.17) is 5.73 Å². The first-order valence-corrected chi connectivity index (χ1v) is 10.7. The van der Waals surface area contributed by atoms with Crippen LogP contribution in [-0.4, -0.2) is 52.7 Å².